The number of nitrogens with zero attached hydrogens (tertiary/aromatic N) is 1. The van der Waals surface area contributed by atoms with Crippen molar-refractivity contribution in [1.29, 1.82) is 0 Å². The van der Waals surface area contributed by atoms with Crippen molar-refractivity contribution in [2.75, 3.05) is 13.2 Å². The van der Waals surface area contributed by atoms with Crippen LogP contribution in [-0.2, 0) is 11.3 Å². The lowest BCUT2D eigenvalue weighted by Crippen LogP contribution is -2.14. The quantitative estimate of drug-likeness (QED) is 0.887. The van der Waals surface area contributed by atoms with Gasteiger partial charge in [-0.1, -0.05) is 24.3 Å². The highest BCUT2D eigenvalue weighted by molar-refractivity contribution is 5.55. The molecule has 2 aromatic rings. The molecule has 0 unspecified atom stereocenters. The molecule has 100 valence electrons. The van der Waals surface area contributed by atoms with E-state index in [-0.39, 0.29) is 0 Å². The normalized spacial score (nSPS) is 16.7. The van der Waals surface area contributed by atoms with Gasteiger partial charge in [0.05, 0.1) is 0 Å². The van der Waals surface area contributed by atoms with Crippen molar-refractivity contribution in [2.45, 2.75) is 25.3 Å². The molecule has 4 heteroatoms. The molecule has 0 aliphatic carbocycles. The van der Waals surface area contributed by atoms with Gasteiger partial charge in [-0.3, -0.25) is 0 Å². The molecule has 0 radical (unpaired) electrons. The van der Waals surface area contributed by atoms with Gasteiger partial charge in [0.25, 0.3) is 0 Å². The largest absolute Gasteiger partial charge is 0.381 e. The van der Waals surface area contributed by atoms with Crippen LogP contribution in [0.1, 0.15) is 30.0 Å². The molecule has 1 aromatic carbocycles. The lowest BCUT2D eigenvalue weighted by atomic mass is 9.97. The van der Waals surface area contributed by atoms with E-state index in [2.05, 4.69) is 22.1 Å². The third-order valence-corrected chi connectivity index (χ3v) is 3.72. The molecule has 0 amide bonds. The van der Waals surface area contributed by atoms with Gasteiger partial charge in [0, 0.05) is 43.1 Å². The summed E-state index contributed by atoms with van der Waals surface area (Å²) in [5, 5.41) is 0. The summed E-state index contributed by atoms with van der Waals surface area (Å²) in [5.74, 6) is 1.49. The van der Waals surface area contributed by atoms with Crippen LogP contribution >= 0.6 is 0 Å². The van der Waals surface area contributed by atoms with Crippen molar-refractivity contribution >= 4 is 0 Å². The Balaban J connectivity index is 1.79. The maximum absolute atomic E-state index is 5.60. The lowest BCUT2D eigenvalue weighted by Gasteiger charge is -2.20. The molecule has 1 aliphatic rings. The first-order valence-electron chi connectivity index (χ1n) is 6.79. The van der Waals surface area contributed by atoms with Gasteiger partial charge in [-0.15, -0.1) is 0 Å². The Hall–Kier alpha value is -1.65. The van der Waals surface area contributed by atoms with Crippen LogP contribution in [0.15, 0.2) is 30.5 Å². The van der Waals surface area contributed by atoms with Crippen LogP contribution in [0, 0.1) is 0 Å². The van der Waals surface area contributed by atoms with E-state index >= 15 is 0 Å². The second-order valence-corrected chi connectivity index (χ2v) is 4.97. The molecule has 1 saturated heterocycles. The lowest BCUT2D eigenvalue weighted by molar-refractivity contribution is 0.0846. The Morgan fingerprint density at radius 3 is 2.63 bits per heavy atom. The molecule has 2 heterocycles. The van der Waals surface area contributed by atoms with E-state index in [1.807, 2.05) is 18.3 Å². The summed E-state index contributed by atoms with van der Waals surface area (Å²) < 4.78 is 5.39. The smallest absolute Gasteiger partial charge is 0.137 e. The molecule has 3 rings (SSSR count). The molecule has 4 nitrogen and oxygen atoms in total. The fourth-order valence-corrected chi connectivity index (χ4v) is 2.50. The maximum Gasteiger partial charge on any atom is 0.137 e. The van der Waals surface area contributed by atoms with Crippen LogP contribution in [-0.4, -0.2) is 23.2 Å². The van der Waals surface area contributed by atoms with Crippen molar-refractivity contribution in [3.05, 3.63) is 41.7 Å². The van der Waals surface area contributed by atoms with Crippen molar-refractivity contribution in [3.8, 4) is 11.4 Å². The van der Waals surface area contributed by atoms with Gasteiger partial charge in [-0.05, 0) is 18.4 Å². The second-order valence-electron chi connectivity index (χ2n) is 4.97. The van der Waals surface area contributed by atoms with Crippen molar-refractivity contribution < 1.29 is 4.74 Å². The number of nitrogens with two attached hydrogens (primary N) is 1. The van der Waals surface area contributed by atoms with E-state index in [1.54, 1.807) is 0 Å². The predicted molar refractivity (Wildman–Crippen MR) is 74.7 cm³/mol. The van der Waals surface area contributed by atoms with E-state index in [1.165, 1.54) is 5.69 Å². The van der Waals surface area contributed by atoms with Gasteiger partial charge in [0.15, 0.2) is 0 Å². The van der Waals surface area contributed by atoms with Crippen LogP contribution in [0.4, 0.5) is 0 Å². The molecular formula is C15H19N3O. The maximum atomic E-state index is 5.60. The molecular weight excluding hydrogens is 238 g/mol. The summed E-state index contributed by atoms with van der Waals surface area (Å²) in [6.45, 7) is 2.28. The number of hydrogen-bond acceptors (Lipinski definition) is 3. The number of aromatic amines is 1. The monoisotopic (exact) mass is 257 g/mol. The minimum absolute atomic E-state index is 0.554. The van der Waals surface area contributed by atoms with Crippen LogP contribution in [0.25, 0.3) is 11.4 Å². The molecule has 0 spiro atoms. The molecule has 19 heavy (non-hydrogen) atoms. The Bertz CT molecular complexity index is 527. The predicted octanol–water partition coefficient (Wildman–Crippen LogP) is 2.43. The zero-order valence-corrected chi connectivity index (χ0v) is 10.9. The van der Waals surface area contributed by atoms with E-state index in [0.717, 1.165) is 43.0 Å². The summed E-state index contributed by atoms with van der Waals surface area (Å²) in [6, 6.07) is 8.22. The molecule has 1 aromatic heterocycles. The number of hydrogen-bond donors (Lipinski definition) is 2. The summed E-state index contributed by atoms with van der Waals surface area (Å²) in [5.41, 5.74) is 9.07. The number of H-pyrrole nitrogens is 1. The topological polar surface area (TPSA) is 63.9 Å². The molecule has 0 bridgehead atoms. The van der Waals surface area contributed by atoms with Gasteiger partial charge in [-0.2, -0.15) is 0 Å². The molecule has 3 N–H and O–H groups in total. The first-order chi connectivity index (χ1) is 9.36. The highest BCUT2D eigenvalue weighted by atomic mass is 16.5. The number of nitrogens with one attached hydrogen (secondary N) is 1. The summed E-state index contributed by atoms with van der Waals surface area (Å²) in [6.07, 6.45) is 4.11. The average molecular weight is 257 g/mol. The van der Waals surface area contributed by atoms with Gasteiger partial charge in [0.2, 0.25) is 0 Å². The van der Waals surface area contributed by atoms with Gasteiger partial charge in [-0.25, -0.2) is 4.98 Å². The van der Waals surface area contributed by atoms with Crippen molar-refractivity contribution in [1.82, 2.24) is 9.97 Å². The first-order valence-corrected chi connectivity index (χ1v) is 6.79. The zero-order valence-electron chi connectivity index (χ0n) is 10.9. The number of rotatable bonds is 3. The van der Waals surface area contributed by atoms with E-state index in [0.29, 0.717) is 12.5 Å². The van der Waals surface area contributed by atoms with E-state index < -0.39 is 0 Å². The number of imidazole rings is 1. The van der Waals surface area contributed by atoms with Crippen molar-refractivity contribution in [3.63, 3.8) is 0 Å². The summed E-state index contributed by atoms with van der Waals surface area (Å²) >= 11 is 0. The average Bonchev–Trinajstić information content (AvgIpc) is 2.98. The fourth-order valence-electron chi connectivity index (χ4n) is 2.50. The van der Waals surface area contributed by atoms with Crippen molar-refractivity contribution in [2.24, 2.45) is 5.73 Å². The zero-order chi connectivity index (χ0) is 13.1. The Morgan fingerprint density at radius 2 is 1.95 bits per heavy atom. The highest BCUT2D eigenvalue weighted by Crippen LogP contribution is 2.27. The Morgan fingerprint density at radius 1 is 1.21 bits per heavy atom. The number of aromatic nitrogens is 2. The van der Waals surface area contributed by atoms with Crippen LogP contribution in [0.2, 0.25) is 0 Å². The first kappa shape index (κ1) is 12.4. The standard InChI is InChI=1S/C15H19N3O/c16-9-11-1-3-13(4-2-11)15-17-10-14(18-15)12-5-7-19-8-6-12/h1-4,10,12H,5-9,16H2,(H,17,18). The van der Waals surface area contributed by atoms with E-state index in [9.17, 15) is 0 Å². The highest BCUT2D eigenvalue weighted by Gasteiger charge is 2.18. The molecule has 1 aliphatic heterocycles. The molecule has 0 atom stereocenters. The minimum atomic E-state index is 0.554. The molecule has 0 saturated carbocycles. The summed E-state index contributed by atoms with van der Waals surface area (Å²) in [7, 11) is 0. The number of benzene rings is 1. The Labute approximate surface area is 113 Å². The van der Waals surface area contributed by atoms with Crippen LogP contribution < -0.4 is 5.73 Å². The third-order valence-electron chi connectivity index (χ3n) is 3.72. The van der Waals surface area contributed by atoms with Crippen LogP contribution in [0.5, 0.6) is 0 Å². The van der Waals surface area contributed by atoms with Gasteiger partial charge < -0.3 is 15.5 Å². The third kappa shape index (κ3) is 2.69. The van der Waals surface area contributed by atoms with E-state index in [4.69, 9.17) is 10.5 Å². The SMILES string of the molecule is NCc1ccc(-c2ncc(C3CCOCC3)[nH]2)cc1. The second kappa shape index (κ2) is 5.55. The Kier molecular flexibility index (Phi) is 3.62. The number of ether oxygens (including phenoxy) is 1. The van der Waals surface area contributed by atoms with Crippen LogP contribution in [0.3, 0.4) is 0 Å². The van der Waals surface area contributed by atoms with Gasteiger partial charge >= 0.3 is 0 Å². The summed E-state index contributed by atoms with van der Waals surface area (Å²) in [4.78, 5) is 7.93. The molecule has 1 fully saturated rings. The fraction of sp³-hybridized carbons (Fsp3) is 0.400. The van der Waals surface area contributed by atoms with Gasteiger partial charge in [0.1, 0.15) is 5.82 Å². The minimum Gasteiger partial charge on any atom is -0.381 e.